The highest BCUT2D eigenvalue weighted by molar-refractivity contribution is 7.89. The number of hydrogen-bond acceptors (Lipinski definition) is 3. The van der Waals surface area contributed by atoms with Crippen molar-refractivity contribution in [3.05, 3.63) is 34.6 Å². The molecule has 2 atom stereocenters. The van der Waals surface area contributed by atoms with Gasteiger partial charge in [0.25, 0.3) is 0 Å². The molecule has 1 heterocycles. The first kappa shape index (κ1) is 16.7. The molecule has 1 aromatic carbocycles. The van der Waals surface area contributed by atoms with Gasteiger partial charge in [0.05, 0.1) is 11.9 Å². The van der Waals surface area contributed by atoms with Crippen LogP contribution in [0, 0.1) is 11.7 Å². The molecular weight excluding hydrogens is 317 g/mol. The fourth-order valence-corrected chi connectivity index (χ4v) is 4.46. The maximum absolute atomic E-state index is 13.9. The summed E-state index contributed by atoms with van der Waals surface area (Å²) in [4.78, 5) is 0. The summed E-state index contributed by atoms with van der Waals surface area (Å²) in [5.74, 6) is -0.713. The van der Waals surface area contributed by atoms with Crippen molar-refractivity contribution in [2.75, 3.05) is 27.3 Å². The second kappa shape index (κ2) is 6.60. The number of ether oxygens (including phenoxy) is 1. The Bertz CT molecular complexity index is 586. The average Bonchev–Trinajstić information content (AvgIpc) is 2.43. The van der Waals surface area contributed by atoms with Crippen LogP contribution in [-0.2, 0) is 21.2 Å². The third-order valence-corrected chi connectivity index (χ3v) is 6.58. The van der Waals surface area contributed by atoms with Gasteiger partial charge in [-0.25, -0.2) is 17.1 Å². The van der Waals surface area contributed by atoms with Crippen molar-refractivity contribution in [1.29, 1.82) is 0 Å². The van der Waals surface area contributed by atoms with Gasteiger partial charge in [-0.05, 0) is 25.0 Å². The van der Waals surface area contributed by atoms with Crippen LogP contribution in [-0.4, -0.2) is 45.3 Å². The van der Waals surface area contributed by atoms with E-state index in [1.54, 1.807) is 6.07 Å². The number of nitrogens with zero attached hydrogens (tertiary/aromatic N) is 1. The topological polar surface area (TPSA) is 46.6 Å². The quantitative estimate of drug-likeness (QED) is 0.848. The smallest absolute Gasteiger partial charge is 0.216 e. The van der Waals surface area contributed by atoms with Crippen LogP contribution in [0.2, 0.25) is 5.02 Å². The molecule has 0 radical (unpaired) electrons. The van der Waals surface area contributed by atoms with Crippen molar-refractivity contribution < 1.29 is 17.5 Å². The molecule has 4 nitrogen and oxygen atoms in total. The fourth-order valence-electron chi connectivity index (χ4n) is 2.62. The lowest BCUT2D eigenvalue weighted by molar-refractivity contribution is 0.0561. The van der Waals surface area contributed by atoms with Crippen LogP contribution in [0.5, 0.6) is 0 Å². The van der Waals surface area contributed by atoms with Gasteiger partial charge in [-0.15, -0.1) is 0 Å². The summed E-state index contributed by atoms with van der Waals surface area (Å²) in [7, 11) is -0.383. The van der Waals surface area contributed by atoms with E-state index in [4.69, 9.17) is 16.3 Å². The Kier molecular flexibility index (Phi) is 5.24. The Balaban J connectivity index is 2.28. The number of halogens is 2. The summed E-state index contributed by atoms with van der Waals surface area (Å²) in [6.45, 7) is 0.696. The van der Waals surface area contributed by atoms with Crippen LogP contribution in [0.15, 0.2) is 18.2 Å². The van der Waals surface area contributed by atoms with Gasteiger partial charge in [0.15, 0.2) is 0 Å². The molecule has 0 unspecified atom stereocenters. The van der Waals surface area contributed by atoms with Crippen LogP contribution in [0.4, 0.5) is 4.39 Å². The Morgan fingerprint density at radius 1 is 1.43 bits per heavy atom. The predicted molar refractivity (Wildman–Crippen MR) is 80.4 cm³/mol. The van der Waals surface area contributed by atoms with Gasteiger partial charge in [0.2, 0.25) is 10.0 Å². The summed E-state index contributed by atoms with van der Waals surface area (Å²) in [5, 5.41) is -0.251. The highest BCUT2D eigenvalue weighted by Crippen LogP contribution is 2.30. The molecule has 1 aromatic rings. The van der Waals surface area contributed by atoms with E-state index in [1.807, 2.05) is 0 Å². The molecule has 118 valence electrons. The molecule has 21 heavy (non-hydrogen) atoms. The zero-order chi connectivity index (χ0) is 15.6. The van der Waals surface area contributed by atoms with Gasteiger partial charge in [-0.1, -0.05) is 17.7 Å². The molecule has 0 bridgehead atoms. The van der Waals surface area contributed by atoms with Crippen LogP contribution < -0.4 is 0 Å². The first-order chi connectivity index (χ1) is 9.84. The number of benzene rings is 1. The number of sulfonamides is 1. The number of hydrogen-bond donors (Lipinski definition) is 0. The SMILES string of the molecule is CN(C)S(=O)(=O)[C@@H]1CCOC[C@H]1Cc1c(F)cccc1Cl. The Hall–Kier alpha value is -0.690. The molecule has 1 saturated heterocycles. The third kappa shape index (κ3) is 3.56. The predicted octanol–water partition coefficient (Wildman–Crippen LogP) is 2.32. The summed E-state index contributed by atoms with van der Waals surface area (Å²) in [6, 6.07) is 4.48. The van der Waals surface area contributed by atoms with Gasteiger partial charge in [0.1, 0.15) is 5.82 Å². The summed E-state index contributed by atoms with van der Waals surface area (Å²) < 4.78 is 45.3. The van der Waals surface area contributed by atoms with E-state index in [9.17, 15) is 12.8 Å². The van der Waals surface area contributed by atoms with E-state index < -0.39 is 21.1 Å². The Morgan fingerprint density at radius 2 is 2.14 bits per heavy atom. The van der Waals surface area contributed by atoms with Crippen molar-refractivity contribution in [3.63, 3.8) is 0 Å². The normalized spacial score (nSPS) is 23.5. The van der Waals surface area contributed by atoms with Crippen LogP contribution in [0.3, 0.4) is 0 Å². The highest BCUT2D eigenvalue weighted by atomic mass is 35.5. The van der Waals surface area contributed by atoms with E-state index in [0.717, 1.165) is 0 Å². The summed E-state index contributed by atoms with van der Waals surface area (Å²) in [6.07, 6.45) is 0.667. The number of rotatable bonds is 4. The lowest BCUT2D eigenvalue weighted by atomic mass is 9.93. The zero-order valence-electron chi connectivity index (χ0n) is 12.1. The minimum absolute atomic E-state index is 0.253. The van der Waals surface area contributed by atoms with Crippen molar-refractivity contribution >= 4 is 21.6 Å². The third-order valence-electron chi connectivity index (χ3n) is 3.82. The average molecular weight is 336 g/mol. The van der Waals surface area contributed by atoms with E-state index >= 15 is 0 Å². The molecule has 0 aromatic heterocycles. The Morgan fingerprint density at radius 3 is 2.76 bits per heavy atom. The van der Waals surface area contributed by atoms with E-state index in [-0.39, 0.29) is 12.3 Å². The standard InChI is InChI=1S/C14H19ClFNO3S/c1-17(2)21(18,19)14-6-7-20-9-10(14)8-11-12(15)4-3-5-13(11)16/h3-5,10,14H,6-9H2,1-2H3/t10-,14-/m1/s1. The van der Waals surface area contributed by atoms with Gasteiger partial charge in [-0.2, -0.15) is 0 Å². The molecule has 0 amide bonds. The summed E-state index contributed by atoms with van der Waals surface area (Å²) >= 11 is 6.03. The molecule has 1 aliphatic rings. The maximum atomic E-state index is 13.9. The van der Waals surface area contributed by atoms with Crippen molar-refractivity contribution in [2.24, 2.45) is 5.92 Å². The second-order valence-corrected chi connectivity index (χ2v) is 8.17. The lowest BCUT2D eigenvalue weighted by Crippen LogP contribution is -2.44. The van der Waals surface area contributed by atoms with Gasteiger partial charge >= 0.3 is 0 Å². The van der Waals surface area contributed by atoms with Gasteiger partial charge in [-0.3, -0.25) is 0 Å². The van der Waals surface area contributed by atoms with Crippen molar-refractivity contribution in [2.45, 2.75) is 18.1 Å². The van der Waals surface area contributed by atoms with Crippen molar-refractivity contribution in [1.82, 2.24) is 4.31 Å². The van der Waals surface area contributed by atoms with Crippen LogP contribution in [0.25, 0.3) is 0 Å². The zero-order valence-corrected chi connectivity index (χ0v) is 13.6. The second-order valence-electron chi connectivity index (χ2n) is 5.39. The van der Waals surface area contributed by atoms with E-state index in [0.29, 0.717) is 30.2 Å². The fraction of sp³-hybridized carbons (Fsp3) is 0.571. The molecule has 0 saturated carbocycles. The maximum Gasteiger partial charge on any atom is 0.216 e. The van der Waals surface area contributed by atoms with Gasteiger partial charge < -0.3 is 4.74 Å². The first-order valence-electron chi connectivity index (χ1n) is 6.76. The molecule has 0 spiro atoms. The first-order valence-corrected chi connectivity index (χ1v) is 8.64. The van der Waals surface area contributed by atoms with Gasteiger partial charge in [0, 0.05) is 37.2 Å². The minimum Gasteiger partial charge on any atom is -0.381 e. The minimum atomic E-state index is -3.41. The van der Waals surface area contributed by atoms with E-state index in [1.165, 1.54) is 30.5 Å². The van der Waals surface area contributed by atoms with E-state index in [2.05, 4.69) is 0 Å². The van der Waals surface area contributed by atoms with Crippen LogP contribution in [0.1, 0.15) is 12.0 Å². The molecule has 1 aliphatic heterocycles. The van der Waals surface area contributed by atoms with Crippen molar-refractivity contribution in [3.8, 4) is 0 Å². The molecule has 1 fully saturated rings. The van der Waals surface area contributed by atoms with Crippen LogP contribution >= 0.6 is 11.6 Å². The molecule has 0 N–H and O–H groups in total. The molecule has 0 aliphatic carbocycles. The Labute approximate surface area is 129 Å². The summed E-state index contributed by atoms with van der Waals surface area (Å²) in [5.41, 5.74) is 0.355. The lowest BCUT2D eigenvalue weighted by Gasteiger charge is -2.33. The highest BCUT2D eigenvalue weighted by Gasteiger charge is 2.38. The molecule has 7 heteroatoms. The monoisotopic (exact) mass is 335 g/mol. The molecular formula is C14H19ClFNO3S. The largest absolute Gasteiger partial charge is 0.381 e. The molecule has 2 rings (SSSR count).